The van der Waals surface area contributed by atoms with E-state index in [4.69, 9.17) is 5.11 Å². The van der Waals surface area contributed by atoms with Crippen molar-refractivity contribution >= 4 is 11.3 Å². The van der Waals surface area contributed by atoms with E-state index in [1.54, 1.807) is 19.1 Å². The van der Waals surface area contributed by atoms with E-state index in [2.05, 4.69) is 4.98 Å². The fraction of sp³-hybridized carbons (Fsp3) is 0.250. The van der Waals surface area contributed by atoms with Gasteiger partial charge in [0.2, 0.25) is 0 Å². The zero-order valence-electron chi connectivity index (χ0n) is 9.12. The van der Waals surface area contributed by atoms with E-state index in [-0.39, 0.29) is 12.4 Å². The first-order valence-electron chi connectivity index (χ1n) is 4.95. The van der Waals surface area contributed by atoms with Crippen molar-refractivity contribution in [3.05, 3.63) is 39.5 Å². The van der Waals surface area contributed by atoms with Crippen molar-refractivity contribution in [2.75, 3.05) is 0 Å². The third kappa shape index (κ3) is 1.99. The fourth-order valence-corrected chi connectivity index (χ4v) is 2.39. The maximum absolute atomic E-state index is 13.1. The number of thiazole rings is 1. The van der Waals surface area contributed by atoms with Crippen LogP contribution in [0.2, 0.25) is 0 Å². The van der Waals surface area contributed by atoms with E-state index in [9.17, 15) is 4.39 Å². The summed E-state index contributed by atoms with van der Waals surface area (Å²) < 4.78 is 13.1. The third-order valence-corrected chi connectivity index (χ3v) is 3.36. The van der Waals surface area contributed by atoms with E-state index in [0.29, 0.717) is 10.6 Å². The van der Waals surface area contributed by atoms with Crippen molar-refractivity contribution in [1.29, 1.82) is 0 Å². The van der Waals surface area contributed by atoms with Gasteiger partial charge in [0.1, 0.15) is 10.8 Å². The lowest BCUT2D eigenvalue weighted by atomic mass is 10.1. The summed E-state index contributed by atoms with van der Waals surface area (Å²) in [7, 11) is 0. The Morgan fingerprint density at radius 2 is 2.12 bits per heavy atom. The van der Waals surface area contributed by atoms with Crippen LogP contribution in [0.25, 0.3) is 11.3 Å². The Hall–Kier alpha value is -1.26. The minimum absolute atomic E-state index is 0.0499. The summed E-state index contributed by atoms with van der Waals surface area (Å²) in [5.41, 5.74) is 2.33. The second kappa shape index (κ2) is 4.31. The predicted octanol–water partition coefficient (Wildman–Crippen LogP) is 3.06. The summed E-state index contributed by atoms with van der Waals surface area (Å²) in [4.78, 5) is 5.35. The zero-order valence-corrected chi connectivity index (χ0v) is 9.94. The van der Waals surface area contributed by atoms with Crippen molar-refractivity contribution in [3.63, 3.8) is 0 Å². The Morgan fingerprint density at radius 3 is 2.69 bits per heavy atom. The molecule has 1 N–H and O–H groups in total. The molecule has 0 bridgehead atoms. The van der Waals surface area contributed by atoms with Crippen molar-refractivity contribution in [2.24, 2.45) is 0 Å². The van der Waals surface area contributed by atoms with Crippen LogP contribution in [0.4, 0.5) is 4.39 Å². The first-order chi connectivity index (χ1) is 7.61. The number of hydrogen-bond acceptors (Lipinski definition) is 3. The number of benzene rings is 1. The van der Waals surface area contributed by atoms with Gasteiger partial charge in [-0.3, -0.25) is 0 Å². The van der Waals surface area contributed by atoms with Gasteiger partial charge in [-0.05, 0) is 37.6 Å². The first-order valence-corrected chi connectivity index (χ1v) is 5.77. The van der Waals surface area contributed by atoms with E-state index < -0.39 is 0 Å². The van der Waals surface area contributed by atoms with Crippen LogP contribution >= 0.6 is 11.3 Å². The Labute approximate surface area is 97.4 Å². The molecule has 0 aliphatic rings. The minimum atomic E-state index is -0.209. The van der Waals surface area contributed by atoms with Gasteiger partial charge < -0.3 is 5.11 Å². The standard InChI is InChI=1S/C12H12FNOS/c1-7-5-9(3-4-10(7)13)12-8(2)16-11(6-15)14-12/h3-5,15H,6H2,1-2H3. The molecule has 2 nitrogen and oxygen atoms in total. The monoisotopic (exact) mass is 237 g/mol. The van der Waals surface area contributed by atoms with Gasteiger partial charge in [-0.2, -0.15) is 0 Å². The molecular formula is C12H12FNOS. The lowest BCUT2D eigenvalue weighted by Gasteiger charge is -2.01. The molecule has 0 aliphatic heterocycles. The lowest BCUT2D eigenvalue weighted by molar-refractivity contribution is 0.281. The molecule has 2 aromatic rings. The maximum Gasteiger partial charge on any atom is 0.126 e. The minimum Gasteiger partial charge on any atom is -0.389 e. The van der Waals surface area contributed by atoms with Crippen LogP contribution in [0.3, 0.4) is 0 Å². The molecule has 0 radical (unpaired) electrons. The summed E-state index contributed by atoms with van der Waals surface area (Å²) in [6, 6.07) is 4.94. The average Bonchev–Trinajstić information content (AvgIpc) is 2.64. The molecule has 0 saturated heterocycles. The molecule has 0 aliphatic carbocycles. The second-order valence-corrected chi connectivity index (χ2v) is 4.92. The molecule has 0 amide bonds. The highest BCUT2D eigenvalue weighted by Crippen LogP contribution is 2.28. The zero-order chi connectivity index (χ0) is 11.7. The number of aromatic nitrogens is 1. The van der Waals surface area contributed by atoms with E-state index in [0.717, 1.165) is 16.1 Å². The largest absolute Gasteiger partial charge is 0.389 e. The first kappa shape index (κ1) is 11.2. The number of aliphatic hydroxyl groups is 1. The Balaban J connectivity index is 2.49. The second-order valence-electron chi connectivity index (χ2n) is 3.63. The van der Waals surface area contributed by atoms with E-state index >= 15 is 0 Å². The molecule has 2 rings (SSSR count). The number of halogens is 1. The Morgan fingerprint density at radius 1 is 1.38 bits per heavy atom. The summed E-state index contributed by atoms with van der Waals surface area (Å²) in [6.45, 7) is 3.63. The Bertz CT molecular complexity index is 522. The lowest BCUT2D eigenvalue weighted by Crippen LogP contribution is -1.87. The van der Waals surface area contributed by atoms with Gasteiger partial charge in [0.25, 0.3) is 0 Å². The topological polar surface area (TPSA) is 33.1 Å². The third-order valence-electron chi connectivity index (χ3n) is 2.41. The van der Waals surface area contributed by atoms with Crippen LogP contribution < -0.4 is 0 Å². The van der Waals surface area contributed by atoms with Crippen LogP contribution in [-0.4, -0.2) is 10.1 Å². The smallest absolute Gasteiger partial charge is 0.126 e. The van der Waals surface area contributed by atoms with Gasteiger partial charge in [-0.25, -0.2) is 9.37 Å². The molecule has 84 valence electrons. The number of hydrogen-bond donors (Lipinski definition) is 1. The summed E-state index contributed by atoms with van der Waals surface area (Å²) in [6.07, 6.45) is 0. The number of rotatable bonds is 2. The molecule has 1 aromatic carbocycles. The molecule has 4 heteroatoms. The van der Waals surface area contributed by atoms with Gasteiger partial charge in [-0.1, -0.05) is 0 Å². The summed E-state index contributed by atoms with van der Waals surface area (Å²) in [5, 5.41) is 9.70. The van der Waals surface area contributed by atoms with Gasteiger partial charge in [-0.15, -0.1) is 11.3 Å². The van der Waals surface area contributed by atoms with Crippen LogP contribution in [-0.2, 0) is 6.61 Å². The highest BCUT2D eigenvalue weighted by Gasteiger charge is 2.10. The highest BCUT2D eigenvalue weighted by atomic mass is 32.1. The van der Waals surface area contributed by atoms with Crippen LogP contribution in [0.15, 0.2) is 18.2 Å². The van der Waals surface area contributed by atoms with Crippen molar-refractivity contribution in [1.82, 2.24) is 4.98 Å². The molecule has 1 aromatic heterocycles. The molecular weight excluding hydrogens is 225 g/mol. The van der Waals surface area contributed by atoms with Gasteiger partial charge in [0, 0.05) is 10.4 Å². The van der Waals surface area contributed by atoms with Crippen molar-refractivity contribution in [2.45, 2.75) is 20.5 Å². The van der Waals surface area contributed by atoms with Crippen LogP contribution in [0.5, 0.6) is 0 Å². The quantitative estimate of drug-likeness (QED) is 0.870. The molecule has 0 unspecified atom stereocenters. The summed E-state index contributed by atoms with van der Waals surface area (Å²) in [5.74, 6) is -0.209. The van der Waals surface area contributed by atoms with Crippen LogP contribution in [0, 0.1) is 19.7 Å². The number of aryl methyl sites for hydroxylation is 2. The van der Waals surface area contributed by atoms with Gasteiger partial charge >= 0.3 is 0 Å². The normalized spacial score (nSPS) is 10.8. The van der Waals surface area contributed by atoms with Crippen molar-refractivity contribution in [3.8, 4) is 11.3 Å². The Kier molecular flexibility index (Phi) is 3.03. The van der Waals surface area contributed by atoms with Crippen molar-refractivity contribution < 1.29 is 9.50 Å². The molecule has 0 atom stereocenters. The number of nitrogens with zero attached hydrogens (tertiary/aromatic N) is 1. The fourth-order valence-electron chi connectivity index (χ4n) is 1.58. The molecule has 0 fully saturated rings. The highest BCUT2D eigenvalue weighted by molar-refractivity contribution is 7.12. The number of aliphatic hydroxyl groups excluding tert-OH is 1. The SMILES string of the molecule is Cc1cc(-c2nc(CO)sc2C)ccc1F. The van der Waals surface area contributed by atoms with E-state index in [1.165, 1.54) is 17.4 Å². The molecule has 16 heavy (non-hydrogen) atoms. The van der Waals surface area contributed by atoms with Gasteiger partial charge in [0.15, 0.2) is 0 Å². The molecule has 0 saturated carbocycles. The predicted molar refractivity (Wildman–Crippen MR) is 62.9 cm³/mol. The summed E-state index contributed by atoms with van der Waals surface area (Å²) >= 11 is 1.46. The molecule has 0 spiro atoms. The average molecular weight is 237 g/mol. The van der Waals surface area contributed by atoms with E-state index in [1.807, 2.05) is 6.92 Å². The maximum atomic E-state index is 13.1. The van der Waals surface area contributed by atoms with Crippen LogP contribution in [0.1, 0.15) is 15.4 Å². The van der Waals surface area contributed by atoms with Gasteiger partial charge in [0.05, 0.1) is 12.3 Å². The molecule has 1 heterocycles.